The summed E-state index contributed by atoms with van der Waals surface area (Å²) in [6, 6.07) is 0. The van der Waals surface area contributed by atoms with Crippen LogP contribution in [0.15, 0.2) is 11.8 Å². The third kappa shape index (κ3) is 2.54. The smallest absolute Gasteiger partial charge is 0.259 e. The largest absolute Gasteiger partial charge is 0.312 e. The van der Waals surface area contributed by atoms with Crippen LogP contribution in [0.2, 0.25) is 0 Å². The van der Waals surface area contributed by atoms with Crippen molar-refractivity contribution in [1.82, 2.24) is 14.3 Å². The normalized spacial score (nSPS) is 28.4. The molecule has 6 heteroatoms. The van der Waals surface area contributed by atoms with Gasteiger partial charge in [0.05, 0.1) is 0 Å². The van der Waals surface area contributed by atoms with Crippen molar-refractivity contribution in [3.63, 3.8) is 0 Å². The van der Waals surface area contributed by atoms with Crippen molar-refractivity contribution in [1.29, 1.82) is 0 Å². The molecule has 0 aromatic rings. The predicted octanol–water partition coefficient (Wildman–Crippen LogP) is 1.90. The molecular formula is C13H23N3O2S. The van der Waals surface area contributed by atoms with Crippen LogP contribution in [0.4, 0.5) is 0 Å². The molecule has 1 fully saturated rings. The van der Waals surface area contributed by atoms with E-state index in [1.807, 2.05) is 13.8 Å². The second-order valence-electron chi connectivity index (χ2n) is 6.22. The second-order valence-corrected chi connectivity index (χ2v) is 7.76. The number of carbonyl (C=O) groups is 1. The summed E-state index contributed by atoms with van der Waals surface area (Å²) >= 11 is 1.39. The molecule has 5 nitrogen and oxygen atoms in total. The van der Waals surface area contributed by atoms with Crippen molar-refractivity contribution in [2.45, 2.75) is 44.5 Å². The highest BCUT2D eigenvalue weighted by Gasteiger charge is 2.52. The van der Waals surface area contributed by atoms with E-state index in [0.717, 1.165) is 25.2 Å². The number of hydrogen-bond acceptors (Lipinski definition) is 5. The topological polar surface area (TPSA) is 47.0 Å². The minimum Gasteiger partial charge on any atom is -0.312 e. The molecular weight excluding hydrogens is 262 g/mol. The number of amides is 1. The number of carbonyl (C=O) groups excluding carboxylic acids is 1. The minimum absolute atomic E-state index is 0.0601. The third-order valence-corrected chi connectivity index (χ3v) is 4.91. The van der Waals surface area contributed by atoms with Crippen LogP contribution in [0.3, 0.4) is 0 Å². The molecule has 1 N–H and O–H groups in total. The van der Waals surface area contributed by atoms with Crippen LogP contribution in [0.5, 0.6) is 0 Å². The second kappa shape index (κ2) is 4.77. The first kappa shape index (κ1) is 14.8. The molecule has 0 atom stereocenters. The van der Waals surface area contributed by atoms with Gasteiger partial charge < -0.3 is 10.1 Å². The number of hydrogen-bond donors (Lipinski definition) is 1. The van der Waals surface area contributed by atoms with Crippen LogP contribution in [0, 0.1) is 0 Å². The summed E-state index contributed by atoms with van der Waals surface area (Å²) < 4.78 is 1.78. The van der Waals surface area contributed by atoms with Crippen LogP contribution in [-0.4, -0.2) is 55.9 Å². The summed E-state index contributed by atoms with van der Waals surface area (Å²) in [5.41, 5.74) is 0.154. The molecule has 1 amide bonds. The molecule has 2 aliphatic rings. The molecule has 108 valence electrons. The van der Waals surface area contributed by atoms with Crippen molar-refractivity contribution in [2.75, 3.05) is 20.1 Å². The van der Waals surface area contributed by atoms with E-state index in [1.54, 1.807) is 18.2 Å². The zero-order chi connectivity index (χ0) is 14.4. The summed E-state index contributed by atoms with van der Waals surface area (Å²) in [4.78, 5) is 14.3. The van der Waals surface area contributed by atoms with E-state index in [0.29, 0.717) is 0 Å². The van der Waals surface area contributed by atoms with Crippen LogP contribution in [-0.2, 0) is 4.79 Å². The SMILES string of the molecule is CN1CC=C(N2SC(C)(C)N(O)C(C)(C)C2=O)CC1. The first-order valence-corrected chi connectivity index (χ1v) is 7.34. The van der Waals surface area contributed by atoms with Crippen LogP contribution in [0.25, 0.3) is 0 Å². The van der Waals surface area contributed by atoms with E-state index in [4.69, 9.17) is 0 Å². The molecule has 0 aromatic carbocycles. The van der Waals surface area contributed by atoms with Gasteiger partial charge in [-0.3, -0.25) is 9.10 Å². The fourth-order valence-electron chi connectivity index (χ4n) is 2.45. The maximum atomic E-state index is 12.6. The lowest BCUT2D eigenvalue weighted by Crippen LogP contribution is -2.64. The van der Waals surface area contributed by atoms with Crippen molar-refractivity contribution in [2.24, 2.45) is 0 Å². The Morgan fingerprint density at radius 1 is 1.32 bits per heavy atom. The van der Waals surface area contributed by atoms with Gasteiger partial charge in [-0.1, -0.05) is 0 Å². The number of rotatable bonds is 1. The Balaban J connectivity index is 2.29. The fraction of sp³-hybridized carbons (Fsp3) is 0.769. The highest BCUT2D eigenvalue weighted by atomic mass is 32.2. The summed E-state index contributed by atoms with van der Waals surface area (Å²) in [6.07, 6.45) is 2.97. The van der Waals surface area contributed by atoms with Gasteiger partial charge in [0, 0.05) is 25.2 Å². The van der Waals surface area contributed by atoms with Gasteiger partial charge in [0.2, 0.25) is 0 Å². The zero-order valence-electron chi connectivity index (χ0n) is 12.3. The number of nitrogens with zero attached hydrogens (tertiary/aromatic N) is 3. The third-order valence-electron chi connectivity index (χ3n) is 3.71. The molecule has 2 heterocycles. The molecule has 0 unspecified atom stereocenters. The monoisotopic (exact) mass is 285 g/mol. The fourth-order valence-corrected chi connectivity index (χ4v) is 3.79. The van der Waals surface area contributed by atoms with Gasteiger partial charge in [0.25, 0.3) is 5.91 Å². The maximum absolute atomic E-state index is 12.6. The van der Waals surface area contributed by atoms with Crippen LogP contribution in [0.1, 0.15) is 34.1 Å². The Kier molecular flexibility index (Phi) is 3.72. The lowest BCUT2D eigenvalue weighted by Gasteiger charge is -2.51. The Hall–Kier alpha value is -0.560. The molecule has 1 saturated heterocycles. The van der Waals surface area contributed by atoms with E-state index >= 15 is 0 Å². The van der Waals surface area contributed by atoms with Gasteiger partial charge in [-0.05, 0) is 52.8 Å². The first-order valence-electron chi connectivity index (χ1n) is 6.57. The molecule has 2 aliphatic heterocycles. The molecule has 0 saturated carbocycles. The summed E-state index contributed by atoms with van der Waals surface area (Å²) in [5, 5.41) is 11.4. The van der Waals surface area contributed by atoms with Crippen LogP contribution >= 0.6 is 11.9 Å². The van der Waals surface area contributed by atoms with Gasteiger partial charge in [0.15, 0.2) is 0 Å². The Bertz CT molecular complexity index is 420. The molecule has 19 heavy (non-hydrogen) atoms. The molecule has 2 rings (SSSR count). The Morgan fingerprint density at radius 2 is 1.95 bits per heavy atom. The quantitative estimate of drug-likeness (QED) is 0.746. The van der Waals surface area contributed by atoms with E-state index in [1.165, 1.54) is 17.0 Å². The van der Waals surface area contributed by atoms with Crippen LogP contribution < -0.4 is 0 Å². The van der Waals surface area contributed by atoms with E-state index in [9.17, 15) is 10.0 Å². The Labute approximate surface area is 119 Å². The van der Waals surface area contributed by atoms with Crippen molar-refractivity contribution in [3.8, 4) is 0 Å². The highest BCUT2D eigenvalue weighted by Crippen LogP contribution is 2.44. The molecule has 0 spiro atoms. The van der Waals surface area contributed by atoms with Gasteiger partial charge >= 0.3 is 0 Å². The van der Waals surface area contributed by atoms with Crippen molar-refractivity contribution in [3.05, 3.63) is 11.8 Å². The standard InChI is InChI=1S/C13H23N3O2S/c1-12(2)11(17)15(19-13(3,4)16(12)18)10-6-8-14(5)9-7-10/h6,18H,7-9H2,1-5H3. The van der Waals surface area contributed by atoms with E-state index in [2.05, 4.69) is 18.0 Å². The lowest BCUT2D eigenvalue weighted by atomic mass is 10.0. The maximum Gasteiger partial charge on any atom is 0.259 e. The molecule has 0 aliphatic carbocycles. The first-order chi connectivity index (χ1) is 8.66. The molecule has 0 aromatic heterocycles. The molecule has 0 bridgehead atoms. The average Bonchev–Trinajstić information content (AvgIpc) is 2.34. The minimum atomic E-state index is -0.904. The van der Waals surface area contributed by atoms with Gasteiger partial charge in [-0.2, -0.15) is 5.06 Å². The van der Waals surface area contributed by atoms with E-state index in [-0.39, 0.29) is 5.91 Å². The van der Waals surface area contributed by atoms with Gasteiger partial charge in [0.1, 0.15) is 10.4 Å². The number of likely N-dealkylation sites (N-methyl/N-ethyl adjacent to an activating group) is 1. The zero-order valence-corrected chi connectivity index (χ0v) is 13.1. The summed E-state index contributed by atoms with van der Waals surface area (Å²) in [5.74, 6) is -0.0601. The lowest BCUT2D eigenvalue weighted by molar-refractivity contribution is -0.208. The molecule has 0 radical (unpaired) electrons. The highest BCUT2D eigenvalue weighted by molar-refractivity contribution is 7.99. The number of hydroxylamine groups is 2. The predicted molar refractivity (Wildman–Crippen MR) is 76.4 cm³/mol. The summed E-state index contributed by atoms with van der Waals surface area (Å²) in [7, 11) is 2.07. The van der Waals surface area contributed by atoms with E-state index < -0.39 is 10.4 Å². The van der Waals surface area contributed by atoms with Crippen molar-refractivity contribution < 1.29 is 10.0 Å². The summed E-state index contributed by atoms with van der Waals surface area (Å²) in [6.45, 7) is 9.20. The Morgan fingerprint density at radius 3 is 2.47 bits per heavy atom. The van der Waals surface area contributed by atoms with Gasteiger partial charge in [-0.15, -0.1) is 0 Å². The van der Waals surface area contributed by atoms with Crippen molar-refractivity contribution >= 4 is 17.9 Å². The average molecular weight is 285 g/mol. The van der Waals surface area contributed by atoms with Gasteiger partial charge in [-0.25, -0.2) is 0 Å².